The number of likely N-dealkylation sites (tertiary alicyclic amines) is 1. The Morgan fingerprint density at radius 3 is 3.10 bits per heavy atom. The minimum atomic E-state index is 0.0668. The lowest BCUT2D eigenvalue weighted by Crippen LogP contribution is -2.46. The predicted octanol–water partition coefficient (Wildman–Crippen LogP) is 3.21. The fraction of sp³-hybridized carbons (Fsp3) is 0.588. The number of nitrogens with zero attached hydrogens (tertiary/aromatic N) is 1. The number of carbonyl (C=O) groups is 1. The molecule has 0 spiro atoms. The molecule has 1 aliphatic heterocycles. The summed E-state index contributed by atoms with van der Waals surface area (Å²) in [5.41, 5.74) is 1.21. The molecule has 4 nitrogen and oxygen atoms in total. The van der Waals surface area contributed by atoms with E-state index in [-0.39, 0.29) is 6.03 Å². The Kier molecular flexibility index (Phi) is 5.90. The van der Waals surface area contributed by atoms with Gasteiger partial charge in [0.1, 0.15) is 5.75 Å². The van der Waals surface area contributed by atoms with Gasteiger partial charge in [-0.15, -0.1) is 0 Å². The summed E-state index contributed by atoms with van der Waals surface area (Å²) in [6.45, 7) is 7.21. The highest BCUT2D eigenvalue weighted by Crippen LogP contribution is 2.19. The van der Waals surface area contributed by atoms with E-state index in [0.29, 0.717) is 12.5 Å². The number of aryl methyl sites for hydroxylation is 1. The molecule has 1 saturated heterocycles. The highest BCUT2D eigenvalue weighted by Gasteiger charge is 2.23. The zero-order chi connectivity index (χ0) is 15.1. The van der Waals surface area contributed by atoms with Gasteiger partial charge < -0.3 is 15.0 Å². The second-order valence-corrected chi connectivity index (χ2v) is 5.81. The number of benzene rings is 1. The molecule has 0 radical (unpaired) electrons. The van der Waals surface area contributed by atoms with Gasteiger partial charge in [-0.05, 0) is 43.9 Å². The van der Waals surface area contributed by atoms with Crippen LogP contribution in [-0.4, -0.2) is 37.2 Å². The van der Waals surface area contributed by atoms with E-state index >= 15 is 0 Å². The standard InChI is InChI=1S/C17H26N2O2/c1-3-9-18-17(20)19-10-5-7-15(12-19)13-21-16-8-4-6-14(2)11-16/h4,6,8,11,15H,3,5,7,9-10,12-13H2,1-2H3,(H,18,20). The molecular formula is C17H26N2O2. The molecule has 4 heteroatoms. The molecule has 1 fully saturated rings. The van der Waals surface area contributed by atoms with Crippen LogP contribution >= 0.6 is 0 Å². The minimum Gasteiger partial charge on any atom is -0.493 e. The molecule has 0 aromatic heterocycles. The van der Waals surface area contributed by atoms with Gasteiger partial charge in [0, 0.05) is 25.6 Å². The summed E-state index contributed by atoms with van der Waals surface area (Å²) in [6, 6.07) is 8.18. The molecule has 0 aliphatic carbocycles. The molecule has 1 heterocycles. The van der Waals surface area contributed by atoms with Crippen LogP contribution in [0.4, 0.5) is 4.79 Å². The van der Waals surface area contributed by atoms with Crippen LogP contribution in [0.1, 0.15) is 31.7 Å². The number of urea groups is 1. The second-order valence-electron chi connectivity index (χ2n) is 5.81. The molecule has 1 atom stereocenters. The van der Waals surface area contributed by atoms with Crippen molar-refractivity contribution >= 4 is 6.03 Å². The number of amides is 2. The summed E-state index contributed by atoms with van der Waals surface area (Å²) in [7, 11) is 0. The van der Waals surface area contributed by atoms with E-state index < -0.39 is 0 Å². The van der Waals surface area contributed by atoms with Gasteiger partial charge in [0.15, 0.2) is 0 Å². The van der Waals surface area contributed by atoms with Crippen LogP contribution < -0.4 is 10.1 Å². The Hall–Kier alpha value is -1.71. The fourth-order valence-electron chi connectivity index (χ4n) is 2.65. The summed E-state index contributed by atoms with van der Waals surface area (Å²) in [4.78, 5) is 13.9. The first-order valence-electron chi connectivity index (χ1n) is 7.91. The third-order valence-corrected chi connectivity index (χ3v) is 3.81. The first-order valence-corrected chi connectivity index (χ1v) is 7.91. The maximum absolute atomic E-state index is 12.0. The van der Waals surface area contributed by atoms with Crippen LogP contribution in [0.2, 0.25) is 0 Å². The number of nitrogens with one attached hydrogen (secondary N) is 1. The van der Waals surface area contributed by atoms with Gasteiger partial charge in [0.25, 0.3) is 0 Å². The number of rotatable bonds is 5. The Bertz CT molecular complexity index is 462. The number of ether oxygens (including phenoxy) is 1. The van der Waals surface area contributed by atoms with Crippen molar-refractivity contribution in [2.24, 2.45) is 5.92 Å². The molecule has 0 saturated carbocycles. The third kappa shape index (κ3) is 4.96. The maximum Gasteiger partial charge on any atom is 0.317 e. The molecule has 1 N–H and O–H groups in total. The van der Waals surface area contributed by atoms with Crippen LogP contribution in [0, 0.1) is 12.8 Å². The van der Waals surface area contributed by atoms with Crippen molar-refractivity contribution in [3.05, 3.63) is 29.8 Å². The van der Waals surface area contributed by atoms with E-state index in [1.165, 1.54) is 5.56 Å². The van der Waals surface area contributed by atoms with Gasteiger partial charge >= 0.3 is 6.03 Å². The zero-order valence-electron chi connectivity index (χ0n) is 13.1. The van der Waals surface area contributed by atoms with Crippen molar-refractivity contribution in [1.82, 2.24) is 10.2 Å². The van der Waals surface area contributed by atoms with E-state index in [0.717, 1.165) is 44.6 Å². The molecule has 1 unspecified atom stereocenters. The first-order chi connectivity index (χ1) is 10.2. The van der Waals surface area contributed by atoms with Gasteiger partial charge in [-0.3, -0.25) is 0 Å². The third-order valence-electron chi connectivity index (χ3n) is 3.81. The van der Waals surface area contributed by atoms with E-state index in [4.69, 9.17) is 4.74 Å². The quantitative estimate of drug-likeness (QED) is 0.904. The lowest BCUT2D eigenvalue weighted by molar-refractivity contribution is 0.137. The number of hydrogen-bond donors (Lipinski definition) is 1. The van der Waals surface area contributed by atoms with E-state index in [1.807, 2.05) is 17.0 Å². The van der Waals surface area contributed by atoms with Crippen LogP contribution in [0.5, 0.6) is 5.75 Å². The average Bonchev–Trinajstić information content (AvgIpc) is 2.51. The lowest BCUT2D eigenvalue weighted by atomic mass is 9.99. The van der Waals surface area contributed by atoms with Crippen molar-refractivity contribution in [1.29, 1.82) is 0 Å². The van der Waals surface area contributed by atoms with Crippen LogP contribution in [0.3, 0.4) is 0 Å². The molecule has 1 aromatic rings. The minimum absolute atomic E-state index is 0.0668. The monoisotopic (exact) mass is 290 g/mol. The topological polar surface area (TPSA) is 41.6 Å². The number of carbonyl (C=O) groups excluding carboxylic acids is 1. The molecule has 1 aliphatic rings. The Morgan fingerprint density at radius 1 is 1.48 bits per heavy atom. The van der Waals surface area contributed by atoms with Gasteiger partial charge in [0.2, 0.25) is 0 Å². The highest BCUT2D eigenvalue weighted by molar-refractivity contribution is 5.74. The van der Waals surface area contributed by atoms with Crippen LogP contribution in [0.15, 0.2) is 24.3 Å². The molecule has 21 heavy (non-hydrogen) atoms. The van der Waals surface area contributed by atoms with Gasteiger partial charge in [-0.25, -0.2) is 4.79 Å². The molecular weight excluding hydrogens is 264 g/mol. The average molecular weight is 290 g/mol. The number of piperidine rings is 1. The highest BCUT2D eigenvalue weighted by atomic mass is 16.5. The van der Waals surface area contributed by atoms with Gasteiger partial charge in [-0.1, -0.05) is 19.1 Å². The molecule has 0 bridgehead atoms. The second kappa shape index (κ2) is 7.91. The van der Waals surface area contributed by atoms with Crippen molar-refractivity contribution in [3.63, 3.8) is 0 Å². The molecule has 2 amide bonds. The number of hydrogen-bond acceptors (Lipinski definition) is 2. The first kappa shape index (κ1) is 15.7. The largest absolute Gasteiger partial charge is 0.493 e. The molecule has 1 aromatic carbocycles. The van der Waals surface area contributed by atoms with Crippen LogP contribution in [0.25, 0.3) is 0 Å². The Balaban J connectivity index is 1.80. The van der Waals surface area contributed by atoms with Gasteiger partial charge in [-0.2, -0.15) is 0 Å². The summed E-state index contributed by atoms with van der Waals surface area (Å²) >= 11 is 0. The smallest absolute Gasteiger partial charge is 0.317 e. The zero-order valence-corrected chi connectivity index (χ0v) is 13.1. The summed E-state index contributed by atoms with van der Waals surface area (Å²) in [6.07, 6.45) is 3.16. The Morgan fingerprint density at radius 2 is 2.33 bits per heavy atom. The molecule has 116 valence electrons. The molecule has 2 rings (SSSR count). The fourth-order valence-corrected chi connectivity index (χ4v) is 2.65. The van der Waals surface area contributed by atoms with Crippen molar-refractivity contribution in [3.8, 4) is 5.75 Å². The van der Waals surface area contributed by atoms with E-state index in [9.17, 15) is 4.79 Å². The summed E-state index contributed by atoms with van der Waals surface area (Å²) < 4.78 is 5.88. The maximum atomic E-state index is 12.0. The van der Waals surface area contributed by atoms with Crippen molar-refractivity contribution in [2.75, 3.05) is 26.2 Å². The van der Waals surface area contributed by atoms with E-state index in [1.54, 1.807) is 0 Å². The predicted molar refractivity (Wildman–Crippen MR) is 84.7 cm³/mol. The van der Waals surface area contributed by atoms with Crippen molar-refractivity contribution in [2.45, 2.75) is 33.1 Å². The SMILES string of the molecule is CCCNC(=O)N1CCCC(COc2cccc(C)c2)C1. The Labute approximate surface area is 127 Å². The van der Waals surface area contributed by atoms with E-state index in [2.05, 4.69) is 31.3 Å². The van der Waals surface area contributed by atoms with Crippen molar-refractivity contribution < 1.29 is 9.53 Å². The van der Waals surface area contributed by atoms with Crippen LogP contribution in [-0.2, 0) is 0 Å². The lowest BCUT2D eigenvalue weighted by Gasteiger charge is -2.32. The normalized spacial score (nSPS) is 18.4. The van der Waals surface area contributed by atoms with Gasteiger partial charge in [0.05, 0.1) is 6.61 Å². The summed E-state index contributed by atoms with van der Waals surface area (Å²) in [5, 5.41) is 2.95. The summed E-state index contributed by atoms with van der Waals surface area (Å²) in [5.74, 6) is 1.34.